The molecule has 0 radical (unpaired) electrons. The SMILES string of the molecule is CC1OCCC1NCC(C)N1CCCCC1. The van der Waals surface area contributed by atoms with Gasteiger partial charge in [0.05, 0.1) is 6.10 Å². The first-order valence-corrected chi connectivity index (χ1v) is 6.86. The number of piperidine rings is 1. The number of nitrogens with one attached hydrogen (secondary N) is 1. The van der Waals surface area contributed by atoms with Gasteiger partial charge in [0, 0.05) is 25.2 Å². The Bertz CT molecular complexity index is 204. The van der Waals surface area contributed by atoms with Crippen molar-refractivity contribution >= 4 is 0 Å². The van der Waals surface area contributed by atoms with Crippen molar-refractivity contribution in [3.05, 3.63) is 0 Å². The normalized spacial score (nSPS) is 34.1. The zero-order valence-electron chi connectivity index (χ0n) is 10.7. The van der Waals surface area contributed by atoms with E-state index in [2.05, 4.69) is 24.1 Å². The van der Waals surface area contributed by atoms with E-state index in [0.29, 0.717) is 18.2 Å². The molecule has 3 atom stereocenters. The number of rotatable bonds is 4. The van der Waals surface area contributed by atoms with Crippen molar-refractivity contribution in [1.29, 1.82) is 0 Å². The molecule has 0 aromatic carbocycles. The van der Waals surface area contributed by atoms with Crippen LogP contribution in [0.15, 0.2) is 0 Å². The van der Waals surface area contributed by atoms with E-state index in [9.17, 15) is 0 Å². The molecule has 3 unspecified atom stereocenters. The lowest BCUT2D eigenvalue weighted by molar-refractivity contribution is 0.109. The Morgan fingerprint density at radius 2 is 2.06 bits per heavy atom. The molecule has 3 heteroatoms. The predicted octanol–water partition coefficient (Wildman–Crippen LogP) is 1.63. The quantitative estimate of drug-likeness (QED) is 0.788. The monoisotopic (exact) mass is 226 g/mol. The minimum Gasteiger partial charge on any atom is -0.377 e. The molecule has 0 saturated carbocycles. The summed E-state index contributed by atoms with van der Waals surface area (Å²) in [4.78, 5) is 2.62. The molecule has 0 amide bonds. The first-order chi connectivity index (χ1) is 7.77. The second-order valence-electron chi connectivity index (χ2n) is 5.32. The Hall–Kier alpha value is -0.120. The summed E-state index contributed by atoms with van der Waals surface area (Å²) in [7, 11) is 0. The van der Waals surface area contributed by atoms with E-state index in [4.69, 9.17) is 4.74 Å². The van der Waals surface area contributed by atoms with Crippen LogP contribution in [0.2, 0.25) is 0 Å². The fraction of sp³-hybridized carbons (Fsp3) is 1.00. The Balaban J connectivity index is 1.68. The average Bonchev–Trinajstić information content (AvgIpc) is 2.73. The minimum absolute atomic E-state index is 0.397. The van der Waals surface area contributed by atoms with Gasteiger partial charge < -0.3 is 10.1 Å². The molecule has 0 bridgehead atoms. The van der Waals surface area contributed by atoms with Crippen LogP contribution >= 0.6 is 0 Å². The van der Waals surface area contributed by atoms with Gasteiger partial charge in [-0.3, -0.25) is 4.90 Å². The Labute approximate surface area is 99.5 Å². The first-order valence-electron chi connectivity index (χ1n) is 6.86. The second-order valence-corrected chi connectivity index (χ2v) is 5.32. The van der Waals surface area contributed by atoms with Gasteiger partial charge in [-0.15, -0.1) is 0 Å². The molecule has 0 aliphatic carbocycles. The molecule has 2 aliphatic rings. The van der Waals surface area contributed by atoms with Crippen molar-refractivity contribution in [2.24, 2.45) is 0 Å². The van der Waals surface area contributed by atoms with Crippen LogP contribution in [0, 0.1) is 0 Å². The van der Waals surface area contributed by atoms with E-state index in [1.54, 1.807) is 0 Å². The van der Waals surface area contributed by atoms with Crippen LogP contribution in [0.25, 0.3) is 0 Å². The molecular weight excluding hydrogens is 200 g/mol. The fourth-order valence-corrected chi connectivity index (χ4v) is 2.81. The van der Waals surface area contributed by atoms with Crippen LogP contribution in [0.5, 0.6) is 0 Å². The number of hydrogen-bond acceptors (Lipinski definition) is 3. The lowest BCUT2D eigenvalue weighted by atomic mass is 10.1. The Morgan fingerprint density at radius 1 is 1.31 bits per heavy atom. The predicted molar refractivity (Wildman–Crippen MR) is 66.7 cm³/mol. The van der Waals surface area contributed by atoms with Gasteiger partial charge in [0.1, 0.15) is 0 Å². The maximum Gasteiger partial charge on any atom is 0.0700 e. The largest absolute Gasteiger partial charge is 0.377 e. The minimum atomic E-state index is 0.397. The molecule has 2 saturated heterocycles. The molecule has 2 fully saturated rings. The van der Waals surface area contributed by atoms with Crippen LogP contribution in [0.1, 0.15) is 39.5 Å². The van der Waals surface area contributed by atoms with Gasteiger partial charge in [0.2, 0.25) is 0 Å². The Morgan fingerprint density at radius 3 is 2.69 bits per heavy atom. The summed E-state index contributed by atoms with van der Waals surface area (Å²) in [5.41, 5.74) is 0. The number of nitrogens with zero attached hydrogens (tertiary/aromatic N) is 1. The van der Waals surface area contributed by atoms with Gasteiger partial charge in [0.25, 0.3) is 0 Å². The Kier molecular flexibility index (Phi) is 4.62. The van der Waals surface area contributed by atoms with E-state index < -0.39 is 0 Å². The molecular formula is C13H26N2O. The summed E-state index contributed by atoms with van der Waals surface area (Å²) >= 11 is 0. The zero-order chi connectivity index (χ0) is 11.4. The lowest BCUT2D eigenvalue weighted by Gasteiger charge is -2.33. The number of hydrogen-bond donors (Lipinski definition) is 1. The van der Waals surface area contributed by atoms with Gasteiger partial charge in [0.15, 0.2) is 0 Å². The molecule has 2 aliphatic heterocycles. The highest BCUT2D eigenvalue weighted by molar-refractivity contribution is 4.82. The van der Waals surface area contributed by atoms with Gasteiger partial charge in [-0.1, -0.05) is 6.42 Å². The maximum absolute atomic E-state index is 5.57. The van der Waals surface area contributed by atoms with E-state index in [0.717, 1.165) is 13.2 Å². The first kappa shape index (κ1) is 12.3. The van der Waals surface area contributed by atoms with Crippen LogP contribution in [0.4, 0.5) is 0 Å². The van der Waals surface area contributed by atoms with Crippen LogP contribution < -0.4 is 5.32 Å². The third-order valence-corrected chi connectivity index (χ3v) is 4.07. The van der Waals surface area contributed by atoms with Gasteiger partial charge in [-0.2, -0.15) is 0 Å². The third-order valence-electron chi connectivity index (χ3n) is 4.07. The summed E-state index contributed by atoms with van der Waals surface area (Å²) in [6.07, 6.45) is 5.76. The molecule has 2 rings (SSSR count). The standard InChI is InChI=1S/C13H26N2O/c1-11(15-7-4-3-5-8-15)10-14-13-6-9-16-12(13)2/h11-14H,3-10H2,1-2H3. The highest BCUT2D eigenvalue weighted by Crippen LogP contribution is 2.14. The van der Waals surface area contributed by atoms with Crippen LogP contribution in [0.3, 0.4) is 0 Å². The van der Waals surface area contributed by atoms with Gasteiger partial charge in [-0.05, 0) is 46.2 Å². The smallest absolute Gasteiger partial charge is 0.0700 e. The number of likely N-dealkylation sites (tertiary alicyclic amines) is 1. The third kappa shape index (κ3) is 3.19. The highest BCUT2D eigenvalue weighted by Gasteiger charge is 2.25. The molecule has 16 heavy (non-hydrogen) atoms. The summed E-state index contributed by atoms with van der Waals surface area (Å²) in [5.74, 6) is 0. The van der Waals surface area contributed by atoms with Crippen LogP contribution in [-0.4, -0.2) is 49.3 Å². The number of ether oxygens (including phenoxy) is 1. The molecule has 0 spiro atoms. The second kappa shape index (κ2) is 5.99. The summed E-state index contributed by atoms with van der Waals surface area (Å²) in [6, 6.07) is 1.25. The maximum atomic E-state index is 5.57. The van der Waals surface area contributed by atoms with E-state index in [1.807, 2.05) is 0 Å². The van der Waals surface area contributed by atoms with Crippen molar-refractivity contribution < 1.29 is 4.74 Å². The van der Waals surface area contributed by atoms with Crippen molar-refractivity contribution in [2.45, 2.75) is 57.7 Å². The molecule has 3 nitrogen and oxygen atoms in total. The molecule has 2 heterocycles. The van der Waals surface area contributed by atoms with Crippen molar-refractivity contribution in [3.8, 4) is 0 Å². The molecule has 0 aromatic rings. The molecule has 0 aromatic heterocycles. The average molecular weight is 226 g/mol. The van der Waals surface area contributed by atoms with E-state index in [1.165, 1.54) is 38.8 Å². The molecule has 94 valence electrons. The zero-order valence-corrected chi connectivity index (χ0v) is 10.7. The highest BCUT2D eigenvalue weighted by atomic mass is 16.5. The summed E-state index contributed by atoms with van der Waals surface area (Å²) in [6.45, 7) is 9.14. The van der Waals surface area contributed by atoms with Crippen molar-refractivity contribution in [1.82, 2.24) is 10.2 Å². The van der Waals surface area contributed by atoms with Gasteiger partial charge in [-0.25, -0.2) is 0 Å². The van der Waals surface area contributed by atoms with Crippen molar-refractivity contribution in [2.75, 3.05) is 26.2 Å². The summed E-state index contributed by atoms with van der Waals surface area (Å²) in [5, 5.41) is 3.66. The van der Waals surface area contributed by atoms with Crippen molar-refractivity contribution in [3.63, 3.8) is 0 Å². The van der Waals surface area contributed by atoms with Crippen LogP contribution in [-0.2, 0) is 4.74 Å². The molecule has 1 N–H and O–H groups in total. The fourth-order valence-electron chi connectivity index (χ4n) is 2.81. The summed E-state index contributed by atoms with van der Waals surface area (Å²) < 4.78 is 5.57. The topological polar surface area (TPSA) is 24.5 Å². The van der Waals surface area contributed by atoms with E-state index in [-0.39, 0.29) is 0 Å². The van der Waals surface area contributed by atoms with Gasteiger partial charge >= 0.3 is 0 Å². The van der Waals surface area contributed by atoms with E-state index >= 15 is 0 Å². The lowest BCUT2D eigenvalue weighted by Crippen LogP contribution is -2.46.